The first kappa shape index (κ1) is 39.9. The van der Waals surface area contributed by atoms with Crippen LogP contribution in [0.4, 0.5) is 0 Å². The van der Waals surface area contributed by atoms with E-state index in [9.17, 15) is 14.4 Å². The van der Waals surface area contributed by atoms with Crippen LogP contribution in [0.5, 0.6) is 0 Å². The molecule has 0 aliphatic rings. The lowest BCUT2D eigenvalue weighted by Crippen LogP contribution is -2.28. The van der Waals surface area contributed by atoms with Crippen LogP contribution in [-0.4, -0.2) is 35.6 Å². The molecule has 0 spiro atoms. The number of carboxylic acid groups (broad SMARTS) is 1. The van der Waals surface area contributed by atoms with E-state index in [-0.39, 0.29) is 24.5 Å². The van der Waals surface area contributed by atoms with Crippen molar-refractivity contribution in [3.05, 3.63) is 24.3 Å². The Bertz CT molecular complexity index is 703. The zero-order chi connectivity index (χ0) is 30.9. The number of esters is 1. The Balaban J connectivity index is 4.14. The van der Waals surface area contributed by atoms with Gasteiger partial charge in [0.15, 0.2) is 0 Å². The van der Waals surface area contributed by atoms with Crippen LogP contribution >= 0.6 is 0 Å². The Labute approximate surface area is 258 Å². The number of hydrogen-bond acceptors (Lipinski definition) is 4. The first-order valence-corrected chi connectivity index (χ1v) is 17.5. The molecule has 2 N–H and O–H groups in total. The zero-order valence-electron chi connectivity index (χ0n) is 27.4. The third-order valence-electron chi connectivity index (χ3n) is 7.58. The maximum absolute atomic E-state index is 12.5. The topological polar surface area (TPSA) is 92.7 Å². The minimum atomic E-state index is -1.03. The fourth-order valence-corrected chi connectivity index (χ4v) is 4.95. The largest absolute Gasteiger partial charge is 0.480 e. The summed E-state index contributed by atoms with van der Waals surface area (Å²) in [5.74, 6) is -1.34. The Hall–Kier alpha value is -2.11. The number of aliphatic carboxylic acids is 1. The van der Waals surface area contributed by atoms with Gasteiger partial charge in [0.2, 0.25) is 5.91 Å². The monoisotopic (exact) mass is 591 g/mol. The van der Waals surface area contributed by atoms with Crippen molar-refractivity contribution in [2.75, 3.05) is 6.54 Å². The summed E-state index contributed by atoms with van der Waals surface area (Å²) in [5.41, 5.74) is 0. The van der Waals surface area contributed by atoms with Crippen molar-refractivity contribution in [1.29, 1.82) is 0 Å². The highest BCUT2D eigenvalue weighted by Gasteiger charge is 2.12. The molecular formula is C36H65NO5. The predicted molar refractivity (Wildman–Crippen MR) is 176 cm³/mol. The summed E-state index contributed by atoms with van der Waals surface area (Å²) in [6.07, 6.45) is 35.9. The molecule has 0 fully saturated rings. The molecule has 1 amide bonds. The van der Waals surface area contributed by atoms with E-state index in [1.165, 1.54) is 96.3 Å². The number of carboxylic acids is 1. The first-order chi connectivity index (χ1) is 20.5. The number of allylic oxidation sites excluding steroid dienone is 3. The van der Waals surface area contributed by atoms with Gasteiger partial charge in [-0.15, -0.1) is 0 Å². The van der Waals surface area contributed by atoms with Crippen molar-refractivity contribution in [3.63, 3.8) is 0 Å². The van der Waals surface area contributed by atoms with Crippen molar-refractivity contribution in [2.45, 2.75) is 180 Å². The summed E-state index contributed by atoms with van der Waals surface area (Å²) < 4.78 is 5.85. The molecule has 0 aliphatic heterocycles. The van der Waals surface area contributed by atoms with Crippen molar-refractivity contribution < 1.29 is 24.2 Å². The van der Waals surface area contributed by atoms with E-state index in [2.05, 4.69) is 43.5 Å². The Morgan fingerprint density at radius 2 is 1.10 bits per heavy atom. The molecule has 1 unspecified atom stereocenters. The summed E-state index contributed by atoms with van der Waals surface area (Å²) in [6.45, 7) is 4.16. The summed E-state index contributed by atoms with van der Waals surface area (Å²) >= 11 is 0. The standard InChI is InChI=1S/C36H65NO5/c1-3-5-7-9-11-12-13-14-15-16-17-19-21-27-31-36(41)42-33(28-24-20-18-10-8-6-4-2)29-25-22-23-26-30-34(38)37-32-35(39)40/h13-14,24,28,33H,3-12,15-23,25-27,29-32H2,1-2H3,(H,37,38)(H,39,40)/b14-13-,28-24-. The quantitative estimate of drug-likeness (QED) is 0.0475. The van der Waals surface area contributed by atoms with Crippen LogP contribution in [0.1, 0.15) is 174 Å². The third-order valence-corrected chi connectivity index (χ3v) is 7.58. The maximum Gasteiger partial charge on any atom is 0.322 e. The van der Waals surface area contributed by atoms with Crippen LogP contribution in [0.2, 0.25) is 0 Å². The maximum atomic E-state index is 12.5. The van der Waals surface area contributed by atoms with Crippen molar-refractivity contribution in [2.24, 2.45) is 0 Å². The zero-order valence-corrected chi connectivity index (χ0v) is 27.4. The summed E-state index contributed by atoms with van der Waals surface area (Å²) in [4.78, 5) is 34.7. The van der Waals surface area contributed by atoms with Crippen LogP contribution in [0.25, 0.3) is 0 Å². The highest BCUT2D eigenvalue weighted by Crippen LogP contribution is 2.15. The smallest absolute Gasteiger partial charge is 0.322 e. The predicted octanol–water partition coefficient (Wildman–Crippen LogP) is 10.0. The van der Waals surface area contributed by atoms with Gasteiger partial charge in [-0.1, -0.05) is 116 Å². The molecule has 244 valence electrons. The number of amides is 1. The molecule has 0 bridgehead atoms. The molecule has 0 aromatic carbocycles. The molecule has 0 rings (SSSR count). The number of nitrogens with one attached hydrogen (secondary N) is 1. The molecule has 42 heavy (non-hydrogen) atoms. The van der Waals surface area contributed by atoms with Crippen molar-refractivity contribution in [3.8, 4) is 0 Å². The third kappa shape index (κ3) is 30.8. The summed E-state index contributed by atoms with van der Waals surface area (Å²) in [6, 6.07) is 0. The summed E-state index contributed by atoms with van der Waals surface area (Å²) in [5, 5.41) is 11.0. The Kier molecular flexibility index (Phi) is 30.2. The highest BCUT2D eigenvalue weighted by molar-refractivity contribution is 5.80. The number of carbonyl (C=O) groups excluding carboxylic acids is 2. The van der Waals surface area contributed by atoms with E-state index in [4.69, 9.17) is 9.84 Å². The van der Waals surface area contributed by atoms with E-state index in [0.717, 1.165) is 51.4 Å². The van der Waals surface area contributed by atoms with E-state index in [1.807, 2.05) is 0 Å². The highest BCUT2D eigenvalue weighted by atomic mass is 16.5. The molecule has 0 aromatic rings. The minimum Gasteiger partial charge on any atom is -0.480 e. The van der Waals surface area contributed by atoms with Gasteiger partial charge < -0.3 is 15.2 Å². The molecule has 0 heterocycles. The average molecular weight is 592 g/mol. The number of ether oxygens (including phenoxy) is 1. The van der Waals surface area contributed by atoms with Gasteiger partial charge in [-0.2, -0.15) is 0 Å². The Morgan fingerprint density at radius 3 is 1.67 bits per heavy atom. The van der Waals surface area contributed by atoms with Crippen molar-refractivity contribution in [1.82, 2.24) is 5.32 Å². The van der Waals surface area contributed by atoms with Crippen LogP contribution in [-0.2, 0) is 19.1 Å². The van der Waals surface area contributed by atoms with Gasteiger partial charge in [0.25, 0.3) is 0 Å². The lowest BCUT2D eigenvalue weighted by Gasteiger charge is -2.15. The van der Waals surface area contributed by atoms with Gasteiger partial charge in [0, 0.05) is 12.8 Å². The number of hydrogen-bond donors (Lipinski definition) is 2. The van der Waals surface area contributed by atoms with Gasteiger partial charge in [0.1, 0.15) is 12.6 Å². The van der Waals surface area contributed by atoms with E-state index < -0.39 is 5.97 Å². The molecule has 6 nitrogen and oxygen atoms in total. The van der Waals surface area contributed by atoms with E-state index in [1.54, 1.807) is 0 Å². The molecular weight excluding hydrogens is 526 g/mol. The molecule has 0 radical (unpaired) electrons. The Morgan fingerprint density at radius 1 is 0.619 bits per heavy atom. The second-order valence-corrected chi connectivity index (χ2v) is 11.8. The molecule has 0 saturated heterocycles. The molecule has 1 atom stereocenters. The van der Waals surface area contributed by atoms with Gasteiger partial charge in [-0.3, -0.25) is 14.4 Å². The molecule has 6 heteroatoms. The van der Waals surface area contributed by atoms with Crippen molar-refractivity contribution >= 4 is 17.8 Å². The van der Waals surface area contributed by atoms with Gasteiger partial charge in [-0.25, -0.2) is 0 Å². The number of unbranched alkanes of at least 4 members (excludes halogenated alkanes) is 18. The number of rotatable bonds is 31. The lowest BCUT2D eigenvalue weighted by atomic mass is 10.1. The van der Waals surface area contributed by atoms with E-state index in [0.29, 0.717) is 12.8 Å². The lowest BCUT2D eigenvalue weighted by molar-refractivity contribution is -0.147. The molecule has 0 aromatic heterocycles. The minimum absolute atomic E-state index is 0.0930. The van der Waals surface area contributed by atoms with Crippen LogP contribution in [0.3, 0.4) is 0 Å². The normalized spacial score (nSPS) is 12.2. The second-order valence-electron chi connectivity index (χ2n) is 11.8. The molecule has 0 aliphatic carbocycles. The van der Waals surface area contributed by atoms with Crippen LogP contribution < -0.4 is 5.32 Å². The first-order valence-electron chi connectivity index (χ1n) is 17.5. The van der Waals surface area contributed by atoms with Gasteiger partial charge in [0.05, 0.1) is 0 Å². The SMILES string of the molecule is CCCCCCC/C=C\CCCCCCCC(=O)OC(/C=C\CCCCCCC)CCCCCCC(=O)NCC(=O)O. The fourth-order valence-electron chi connectivity index (χ4n) is 4.95. The van der Waals surface area contributed by atoms with Crippen LogP contribution in [0.15, 0.2) is 24.3 Å². The van der Waals surface area contributed by atoms with Gasteiger partial charge >= 0.3 is 11.9 Å². The van der Waals surface area contributed by atoms with Gasteiger partial charge in [-0.05, 0) is 70.3 Å². The summed E-state index contributed by atoms with van der Waals surface area (Å²) in [7, 11) is 0. The second kappa shape index (κ2) is 31.8. The number of carbonyl (C=O) groups is 3. The molecule has 0 saturated carbocycles. The van der Waals surface area contributed by atoms with Crippen LogP contribution in [0, 0.1) is 0 Å². The average Bonchev–Trinajstić information content (AvgIpc) is 2.97. The fraction of sp³-hybridized carbons (Fsp3) is 0.806. The van der Waals surface area contributed by atoms with E-state index >= 15 is 0 Å².